The molecule has 1 heterocycles. The molecule has 2 aromatic carbocycles. The van der Waals surface area contributed by atoms with Crippen molar-refractivity contribution in [2.24, 2.45) is 0 Å². The van der Waals surface area contributed by atoms with Gasteiger partial charge in [0, 0.05) is 6.07 Å². The second-order valence-corrected chi connectivity index (χ2v) is 6.09. The van der Waals surface area contributed by atoms with Crippen LogP contribution < -0.4 is 0 Å². The molecule has 130 valence electrons. The number of allylic oxidation sites excluding steroid dienone is 1. The molecular formula is C17H9N7O2S. The van der Waals surface area contributed by atoms with Crippen molar-refractivity contribution >= 4 is 23.5 Å². The number of benzene rings is 2. The summed E-state index contributed by atoms with van der Waals surface area (Å²) in [5.74, 6) is 0. The van der Waals surface area contributed by atoms with E-state index in [1.54, 1.807) is 18.2 Å². The Balaban J connectivity index is 1.99. The highest BCUT2D eigenvalue weighted by Crippen LogP contribution is 2.35. The second kappa shape index (κ2) is 7.91. The van der Waals surface area contributed by atoms with Crippen LogP contribution in [-0.2, 0) is 0 Å². The number of nitro groups is 1. The van der Waals surface area contributed by atoms with Crippen molar-refractivity contribution in [2.75, 3.05) is 0 Å². The summed E-state index contributed by atoms with van der Waals surface area (Å²) in [6.07, 6.45) is 1.29. The lowest BCUT2D eigenvalue weighted by atomic mass is 10.1. The predicted octanol–water partition coefficient (Wildman–Crippen LogP) is 3.15. The second-order valence-electron chi connectivity index (χ2n) is 5.08. The normalized spacial score (nSPS) is 9.85. The molecule has 0 fully saturated rings. The van der Waals surface area contributed by atoms with Crippen LogP contribution in [0.4, 0.5) is 5.69 Å². The van der Waals surface area contributed by atoms with Crippen LogP contribution in [-0.4, -0.2) is 25.1 Å². The molecule has 27 heavy (non-hydrogen) atoms. The van der Waals surface area contributed by atoms with Crippen molar-refractivity contribution in [1.82, 2.24) is 20.2 Å². The molecule has 0 aliphatic heterocycles. The molecule has 0 aliphatic carbocycles. The van der Waals surface area contributed by atoms with Crippen molar-refractivity contribution in [3.63, 3.8) is 0 Å². The zero-order valence-corrected chi connectivity index (χ0v) is 14.4. The van der Waals surface area contributed by atoms with Gasteiger partial charge >= 0.3 is 0 Å². The van der Waals surface area contributed by atoms with Crippen molar-refractivity contribution in [2.45, 2.75) is 10.1 Å². The topological polar surface area (TPSA) is 134 Å². The summed E-state index contributed by atoms with van der Waals surface area (Å²) in [6, 6.07) is 17.0. The van der Waals surface area contributed by atoms with Gasteiger partial charge in [-0.15, -0.1) is 5.10 Å². The van der Waals surface area contributed by atoms with Gasteiger partial charge in [0.25, 0.3) is 5.69 Å². The Morgan fingerprint density at radius 2 is 1.93 bits per heavy atom. The van der Waals surface area contributed by atoms with E-state index in [1.165, 1.54) is 22.9 Å². The van der Waals surface area contributed by atoms with E-state index in [4.69, 9.17) is 10.5 Å². The number of rotatable bonds is 5. The molecule has 0 atom stereocenters. The fourth-order valence-electron chi connectivity index (χ4n) is 2.18. The first-order valence-electron chi connectivity index (χ1n) is 7.44. The Bertz CT molecular complexity index is 1090. The van der Waals surface area contributed by atoms with Crippen LogP contribution in [0.15, 0.2) is 64.2 Å². The Morgan fingerprint density at radius 3 is 2.59 bits per heavy atom. The first-order valence-corrected chi connectivity index (χ1v) is 8.26. The van der Waals surface area contributed by atoms with Crippen molar-refractivity contribution in [3.05, 3.63) is 69.8 Å². The number of tetrazole rings is 1. The van der Waals surface area contributed by atoms with E-state index < -0.39 is 4.92 Å². The molecule has 10 heteroatoms. The molecule has 0 amide bonds. The average Bonchev–Trinajstić information content (AvgIpc) is 3.15. The number of para-hydroxylation sites is 1. The van der Waals surface area contributed by atoms with Gasteiger partial charge in [-0.05, 0) is 52.0 Å². The third-order valence-corrected chi connectivity index (χ3v) is 4.38. The monoisotopic (exact) mass is 375 g/mol. The fraction of sp³-hybridized carbons (Fsp3) is 0. The maximum absolute atomic E-state index is 11.5. The molecule has 0 spiro atoms. The number of hydrogen-bond acceptors (Lipinski definition) is 8. The van der Waals surface area contributed by atoms with Gasteiger partial charge in [-0.1, -0.05) is 24.3 Å². The third kappa shape index (κ3) is 3.98. The smallest absolute Gasteiger partial charge is 0.258 e. The summed E-state index contributed by atoms with van der Waals surface area (Å²) in [5.41, 5.74) is 0.788. The molecule has 0 aliphatic rings. The Morgan fingerprint density at radius 1 is 1.19 bits per heavy atom. The van der Waals surface area contributed by atoms with Crippen LogP contribution in [0.25, 0.3) is 11.8 Å². The summed E-state index contributed by atoms with van der Waals surface area (Å²) in [7, 11) is 0. The number of hydrogen-bond donors (Lipinski definition) is 0. The first-order chi connectivity index (χ1) is 13.1. The van der Waals surface area contributed by atoms with Crippen LogP contribution in [0.3, 0.4) is 0 Å². The number of nitro benzene ring substituents is 1. The maximum Gasteiger partial charge on any atom is 0.283 e. The van der Waals surface area contributed by atoms with Crippen LogP contribution in [0.1, 0.15) is 5.56 Å². The minimum Gasteiger partial charge on any atom is -0.258 e. The molecule has 9 nitrogen and oxygen atoms in total. The van der Waals surface area contributed by atoms with Crippen LogP contribution >= 0.6 is 11.8 Å². The third-order valence-electron chi connectivity index (χ3n) is 3.37. The minimum absolute atomic E-state index is 0.141. The number of aromatic nitrogens is 4. The van der Waals surface area contributed by atoms with Crippen molar-refractivity contribution in [3.8, 4) is 17.8 Å². The summed E-state index contributed by atoms with van der Waals surface area (Å²) in [5, 5.41) is 41.0. The minimum atomic E-state index is -0.533. The van der Waals surface area contributed by atoms with E-state index in [9.17, 15) is 10.1 Å². The Kier molecular flexibility index (Phi) is 5.21. The molecule has 1 aromatic heterocycles. The van der Waals surface area contributed by atoms with Gasteiger partial charge in [0.15, 0.2) is 0 Å². The summed E-state index contributed by atoms with van der Waals surface area (Å²) in [6.45, 7) is 0. The lowest BCUT2D eigenvalue weighted by Crippen LogP contribution is -1.99. The lowest BCUT2D eigenvalue weighted by Gasteiger charge is -2.05. The van der Waals surface area contributed by atoms with E-state index in [0.29, 0.717) is 15.6 Å². The van der Waals surface area contributed by atoms with Gasteiger partial charge in [0.05, 0.1) is 15.5 Å². The highest BCUT2D eigenvalue weighted by molar-refractivity contribution is 7.99. The number of nitriles is 2. The van der Waals surface area contributed by atoms with Gasteiger partial charge in [0.2, 0.25) is 5.16 Å². The van der Waals surface area contributed by atoms with Crippen LogP contribution in [0.2, 0.25) is 0 Å². The molecule has 3 rings (SSSR count). The van der Waals surface area contributed by atoms with E-state index in [2.05, 4.69) is 15.5 Å². The molecular weight excluding hydrogens is 366 g/mol. The zero-order valence-electron chi connectivity index (χ0n) is 13.6. The quantitative estimate of drug-likeness (QED) is 0.377. The highest BCUT2D eigenvalue weighted by atomic mass is 32.2. The van der Waals surface area contributed by atoms with Gasteiger partial charge in [-0.2, -0.15) is 15.2 Å². The molecule has 0 N–H and O–H groups in total. The molecule has 0 radical (unpaired) electrons. The number of nitrogens with zero attached hydrogens (tertiary/aromatic N) is 7. The largest absolute Gasteiger partial charge is 0.283 e. The Hall–Kier alpha value is -4.02. The maximum atomic E-state index is 11.5. The molecule has 0 saturated heterocycles. The van der Waals surface area contributed by atoms with Crippen molar-refractivity contribution in [1.29, 1.82) is 10.5 Å². The van der Waals surface area contributed by atoms with Gasteiger partial charge in [0.1, 0.15) is 17.7 Å². The summed E-state index contributed by atoms with van der Waals surface area (Å²) >= 11 is 1.04. The molecule has 0 bridgehead atoms. The first kappa shape index (κ1) is 17.8. The van der Waals surface area contributed by atoms with Gasteiger partial charge in [-0.3, -0.25) is 10.1 Å². The van der Waals surface area contributed by atoms with E-state index in [1.807, 2.05) is 30.3 Å². The molecule has 3 aromatic rings. The van der Waals surface area contributed by atoms with Crippen molar-refractivity contribution < 1.29 is 4.92 Å². The van der Waals surface area contributed by atoms with Crippen LogP contribution in [0.5, 0.6) is 0 Å². The van der Waals surface area contributed by atoms with E-state index >= 15 is 0 Å². The van der Waals surface area contributed by atoms with Gasteiger partial charge < -0.3 is 0 Å². The van der Waals surface area contributed by atoms with E-state index in [-0.39, 0.29) is 11.3 Å². The standard InChI is InChI=1S/C17H9N7O2S/c18-10-13(11-19)8-12-6-7-16(15(9-12)24(25)26)27-17-20-21-22-23(17)14-4-2-1-3-5-14/h1-9H. The average molecular weight is 375 g/mol. The summed E-state index contributed by atoms with van der Waals surface area (Å²) < 4.78 is 1.48. The summed E-state index contributed by atoms with van der Waals surface area (Å²) in [4.78, 5) is 11.3. The zero-order chi connectivity index (χ0) is 19.2. The fourth-order valence-corrected chi connectivity index (χ4v) is 3.06. The Labute approximate surface area is 157 Å². The molecule has 0 saturated carbocycles. The van der Waals surface area contributed by atoms with Crippen LogP contribution in [0, 0.1) is 32.8 Å². The van der Waals surface area contributed by atoms with Gasteiger partial charge in [-0.25, -0.2) is 0 Å². The predicted molar refractivity (Wildman–Crippen MR) is 95.6 cm³/mol. The molecule has 0 unspecified atom stereocenters. The SMILES string of the molecule is N#CC(C#N)=Cc1ccc(Sc2nnnn2-c2ccccc2)c([N+](=O)[O-])c1. The highest BCUT2D eigenvalue weighted by Gasteiger charge is 2.19. The lowest BCUT2D eigenvalue weighted by molar-refractivity contribution is -0.387. The van der Waals surface area contributed by atoms with E-state index in [0.717, 1.165) is 17.4 Å².